The van der Waals surface area contributed by atoms with E-state index in [-0.39, 0.29) is 37.1 Å². The summed E-state index contributed by atoms with van der Waals surface area (Å²) < 4.78 is 17.4. The Hall–Kier alpha value is -3.72. The molecule has 2 aliphatic rings. The summed E-state index contributed by atoms with van der Waals surface area (Å²) in [5.41, 5.74) is 1.43. The molecule has 0 fully saturated rings. The molecule has 0 amide bonds. The topological polar surface area (TPSA) is 117 Å². The van der Waals surface area contributed by atoms with Crippen LogP contribution in [0.5, 0.6) is 5.75 Å². The van der Waals surface area contributed by atoms with Crippen LogP contribution in [-0.2, 0) is 39.4 Å². The fraction of sp³-hybridized carbons (Fsp3) is 0.429. The number of rotatable bonds is 3. The van der Waals surface area contributed by atoms with Crippen LogP contribution in [0.25, 0.3) is 22.3 Å². The Morgan fingerprint density at radius 3 is 2.57 bits per heavy atom. The van der Waals surface area contributed by atoms with E-state index in [9.17, 15) is 19.5 Å². The molecule has 0 saturated carbocycles. The van der Waals surface area contributed by atoms with Crippen LogP contribution in [0.15, 0.2) is 29.1 Å². The van der Waals surface area contributed by atoms with E-state index >= 15 is 0 Å². The number of aliphatic hydroxyl groups is 1. The van der Waals surface area contributed by atoms with E-state index in [1.54, 1.807) is 56.5 Å². The molecule has 5 rings (SSSR count). The molecule has 0 spiro atoms. The first-order valence-electron chi connectivity index (χ1n) is 12.0. The number of carbonyl (C=O) groups is 2. The van der Waals surface area contributed by atoms with Gasteiger partial charge >= 0.3 is 12.1 Å². The van der Waals surface area contributed by atoms with Gasteiger partial charge in [-0.15, -0.1) is 0 Å². The number of ether oxygens (including phenoxy) is 3. The fourth-order valence-electron chi connectivity index (χ4n) is 4.98. The molecule has 4 heterocycles. The standard InChI is InChI=1S/C27H28N2O7.CH4/c1-6-15-16-10-14(35-25(32)36-26(3,4)5)8-9-20(16)28-22-17(15)12-29-21(22)11-19-18(23(29)30)13-34-24(31)27(19,33)7-2;/h8-11,33H,6-7,12-13H2,1-5H3;1H4/t27-;/m0./s1. The maximum absolute atomic E-state index is 13.4. The smallest absolute Gasteiger partial charge is 0.458 e. The van der Waals surface area contributed by atoms with Crippen molar-refractivity contribution in [2.45, 2.75) is 79.2 Å². The number of hydrogen-bond acceptors (Lipinski definition) is 8. The molecule has 1 atom stereocenters. The molecular formula is C28H32N2O7. The predicted molar refractivity (Wildman–Crippen MR) is 137 cm³/mol. The van der Waals surface area contributed by atoms with Crippen LogP contribution < -0.4 is 10.3 Å². The Morgan fingerprint density at radius 2 is 1.92 bits per heavy atom. The molecule has 2 aliphatic heterocycles. The quantitative estimate of drug-likeness (QED) is 0.315. The second kappa shape index (κ2) is 8.99. The van der Waals surface area contributed by atoms with Crippen LogP contribution in [-0.4, -0.2) is 32.4 Å². The lowest BCUT2D eigenvalue weighted by atomic mass is 9.86. The van der Waals surface area contributed by atoms with Crippen molar-refractivity contribution in [1.29, 1.82) is 0 Å². The van der Waals surface area contributed by atoms with Crippen molar-refractivity contribution in [2.24, 2.45) is 0 Å². The van der Waals surface area contributed by atoms with Crippen LogP contribution in [0.4, 0.5) is 4.79 Å². The van der Waals surface area contributed by atoms with Gasteiger partial charge in [-0.25, -0.2) is 14.6 Å². The van der Waals surface area contributed by atoms with E-state index < -0.39 is 23.3 Å². The van der Waals surface area contributed by atoms with E-state index in [1.807, 2.05) is 6.92 Å². The Kier molecular flexibility index (Phi) is 6.40. The molecule has 37 heavy (non-hydrogen) atoms. The molecule has 1 aromatic carbocycles. The van der Waals surface area contributed by atoms with Gasteiger partial charge in [-0.1, -0.05) is 21.3 Å². The molecule has 0 bridgehead atoms. The van der Waals surface area contributed by atoms with Gasteiger partial charge in [-0.2, -0.15) is 0 Å². The number of nitrogens with zero attached hydrogens (tertiary/aromatic N) is 2. The van der Waals surface area contributed by atoms with Crippen molar-refractivity contribution in [3.8, 4) is 17.1 Å². The summed E-state index contributed by atoms with van der Waals surface area (Å²) in [6.45, 7) is 9.10. The number of hydrogen-bond donors (Lipinski definition) is 1. The van der Waals surface area contributed by atoms with Crippen molar-refractivity contribution in [3.05, 3.63) is 56.9 Å². The lowest BCUT2D eigenvalue weighted by Crippen LogP contribution is -2.44. The van der Waals surface area contributed by atoms with E-state index in [2.05, 4.69) is 0 Å². The van der Waals surface area contributed by atoms with Gasteiger partial charge in [-0.3, -0.25) is 4.79 Å². The second-order valence-electron chi connectivity index (χ2n) is 10.1. The molecule has 0 radical (unpaired) electrons. The van der Waals surface area contributed by atoms with Crippen molar-refractivity contribution < 1.29 is 28.9 Å². The number of esters is 1. The molecule has 196 valence electrons. The van der Waals surface area contributed by atoms with Gasteiger partial charge in [0.2, 0.25) is 0 Å². The highest BCUT2D eigenvalue weighted by atomic mass is 16.7. The molecule has 9 heteroatoms. The van der Waals surface area contributed by atoms with Crippen LogP contribution in [0, 0.1) is 0 Å². The minimum atomic E-state index is -1.87. The zero-order valence-corrected chi connectivity index (χ0v) is 20.9. The van der Waals surface area contributed by atoms with Gasteiger partial charge in [-0.05, 0) is 63.4 Å². The van der Waals surface area contributed by atoms with Crippen LogP contribution in [0.3, 0.4) is 0 Å². The van der Waals surface area contributed by atoms with Crippen molar-refractivity contribution in [2.75, 3.05) is 0 Å². The van der Waals surface area contributed by atoms with E-state index in [1.165, 1.54) is 0 Å². The van der Waals surface area contributed by atoms with E-state index in [4.69, 9.17) is 19.2 Å². The van der Waals surface area contributed by atoms with E-state index in [0.717, 1.165) is 16.5 Å². The number of carbonyl (C=O) groups excluding carboxylic acids is 2. The van der Waals surface area contributed by atoms with Gasteiger partial charge in [0.05, 0.1) is 29.0 Å². The third-order valence-corrected chi connectivity index (χ3v) is 6.72. The number of fused-ring (bicyclic) bond motifs is 5. The Labute approximate surface area is 215 Å². The minimum absolute atomic E-state index is 0. The first-order chi connectivity index (χ1) is 17.0. The molecule has 0 aliphatic carbocycles. The van der Waals surface area contributed by atoms with Gasteiger partial charge in [0.1, 0.15) is 18.0 Å². The number of pyridine rings is 2. The summed E-state index contributed by atoms with van der Waals surface area (Å²) >= 11 is 0. The van der Waals surface area contributed by atoms with Crippen molar-refractivity contribution >= 4 is 23.0 Å². The number of aryl methyl sites for hydroxylation is 1. The van der Waals surface area contributed by atoms with Crippen molar-refractivity contribution in [1.82, 2.24) is 9.55 Å². The van der Waals surface area contributed by atoms with Gasteiger partial charge in [0.15, 0.2) is 5.60 Å². The summed E-state index contributed by atoms with van der Waals surface area (Å²) in [7, 11) is 0. The molecule has 0 unspecified atom stereocenters. The number of aromatic nitrogens is 2. The summed E-state index contributed by atoms with van der Waals surface area (Å²) in [5, 5.41) is 11.9. The average Bonchev–Trinajstić information content (AvgIpc) is 3.17. The van der Waals surface area contributed by atoms with E-state index in [0.29, 0.717) is 35.6 Å². The highest BCUT2D eigenvalue weighted by molar-refractivity contribution is 5.90. The van der Waals surface area contributed by atoms with Crippen LogP contribution >= 0.6 is 0 Å². The molecule has 9 nitrogen and oxygen atoms in total. The minimum Gasteiger partial charge on any atom is -0.458 e. The SMILES string of the molecule is C.CCc1c2c(nc3ccc(OC(=O)OC(C)(C)C)cc13)-c1cc3c(c(=O)n1C2)COC(=O)[C@]3(O)CC. The van der Waals surface area contributed by atoms with Gasteiger partial charge in [0.25, 0.3) is 5.56 Å². The molecular weight excluding hydrogens is 476 g/mol. The lowest BCUT2D eigenvalue weighted by Gasteiger charge is -2.31. The zero-order chi connectivity index (χ0) is 26.0. The van der Waals surface area contributed by atoms with Gasteiger partial charge in [0, 0.05) is 16.5 Å². The Morgan fingerprint density at radius 1 is 1.19 bits per heavy atom. The monoisotopic (exact) mass is 508 g/mol. The fourth-order valence-corrected chi connectivity index (χ4v) is 4.98. The largest absolute Gasteiger partial charge is 0.514 e. The van der Waals surface area contributed by atoms with Gasteiger partial charge < -0.3 is 23.9 Å². The summed E-state index contributed by atoms with van der Waals surface area (Å²) in [4.78, 5) is 42.8. The highest BCUT2D eigenvalue weighted by Gasteiger charge is 2.45. The van der Waals surface area contributed by atoms with Crippen LogP contribution in [0.2, 0.25) is 0 Å². The first kappa shape index (κ1) is 26.3. The maximum Gasteiger partial charge on any atom is 0.514 e. The number of cyclic esters (lactones) is 1. The summed E-state index contributed by atoms with van der Waals surface area (Å²) in [5.74, 6) is -0.418. The highest BCUT2D eigenvalue weighted by Crippen LogP contribution is 2.40. The molecule has 1 N–H and O–H groups in total. The van der Waals surface area contributed by atoms with Crippen molar-refractivity contribution in [3.63, 3.8) is 0 Å². The molecule has 2 aromatic heterocycles. The lowest BCUT2D eigenvalue weighted by molar-refractivity contribution is -0.172. The molecule has 0 saturated heterocycles. The van der Waals surface area contributed by atoms with Crippen LogP contribution in [0.1, 0.15) is 70.7 Å². The summed E-state index contributed by atoms with van der Waals surface area (Å²) in [6, 6.07) is 6.86. The molecule has 3 aromatic rings. The first-order valence-corrected chi connectivity index (χ1v) is 12.0. The Balaban J connectivity index is 0.00000320. The third kappa shape index (κ3) is 4.17. The predicted octanol–water partition coefficient (Wildman–Crippen LogP) is 4.59. The second-order valence-corrected chi connectivity index (χ2v) is 10.1. The average molecular weight is 509 g/mol. The number of benzene rings is 1. The normalized spacial score (nSPS) is 17.8. The zero-order valence-electron chi connectivity index (χ0n) is 20.9. The summed E-state index contributed by atoms with van der Waals surface area (Å²) in [6.07, 6.45) is -0.0562. The third-order valence-electron chi connectivity index (χ3n) is 6.72. The maximum atomic E-state index is 13.4. The Bertz CT molecular complexity index is 1500.